The fraction of sp³-hybridized carbons (Fsp3) is 0.500. The Kier molecular flexibility index (Phi) is 4.29. The Morgan fingerprint density at radius 2 is 2.12 bits per heavy atom. The number of nitrogens with zero attached hydrogens (tertiary/aromatic N) is 2. The van der Waals surface area contributed by atoms with Crippen LogP contribution in [0.5, 0.6) is 0 Å². The van der Waals surface area contributed by atoms with Crippen LogP contribution >= 0.6 is 11.6 Å². The molecule has 0 saturated carbocycles. The van der Waals surface area contributed by atoms with Crippen LogP contribution < -0.4 is 0 Å². The van der Waals surface area contributed by atoms with E-state index in [2.05, 4.69) is 4.98 Å². The highest BCUT2D eigenvalue weighted by Gasteiger charge is 2.24. The second-order valence-electron chi connectivity index (χ2n) is 3.60. The highest BCUT2D eigenvalue weighted by molar-refractivity contribution is 7.89. The zero-order chi connectivity index (χ0) is 12.3. The van der Waals surface area contributed by atoms with E-state index in [9.17, 15) is 8.42 Å². The van der Waals surface area contributed by atoms with E-state index in [4.69, 9.17) is 11.6 Å². The van der Waals surface area contributed by atoms with Gasteiger partial charge < -0.3 is 0 Å². The van der Waals surface area contributed by atoms with Crippen LogP contribution in [-0.4, -0.2) is 30.8 Å². The summed E-state index contributed by atoms with van der Waals surface area (Å²) < 4.78 is 25.5. The summed E-state index contributed by atoms with van der Waals surface area (Å²) in [5.74, 6) is 0. The third-order valence-electron chi connectivity index (χ3n) is 2.59. The molecule has 1 unspecified atom stereocenters. The quantitative estimate of drug-likeness (QED) is 0.782. The second kappa shape index (κ2) is 5.12. The highest BCUT2D eigenvalue weighted by Crippen LogP contribution is 2.17. The molecule has 6 heteroatoms. The fourth-order valence-corrected chi connectivity index (χ4v) is 2.67. The molecular weight excluding hydrogens is 248 g/mol. The third kappa shape index (κ3) is 2.72. The summed E-state index contributed by atoms with van der Waals surface area (Å²) in [6, 6.07) is 2.89. The molecule has 1 atom stereocenters. The Labute approximate surface area is 101 Å². The van der Waals surface area contributed by atoms with E-state index < -0.39 is 10.0 Å². The van der Waals surface area contributed by atoms with E-state index in [0.29, 0.717) is 0 Å². The van der Waals surface area contributed by atoms with Crippen molar-refractivity contribution < 1.29 is 8.42 Å². The first-order valence-corrected chi connectivity index (χ1v) is 6.81. The molecule has 0 saturated heterocycles. The predicted molar refractivity (Wildman–Crippen MR) is 63.9 cm³/mol. The molecule has 16 heavy (non-hydrogen) atoms. The van der Waals surface area contributed by atoms with Gasteiger partial charge in [-0.25, -0.2) is 13.4 Å². The van der Waals surface area contributed by atoms with Gasteiger partial charge in [0, 0.05) is 19.3 Å². The largest absolute Gasteiger partial charge is 0.244 e. The van der Waals surface area contributed by atoms with Gasteiger partial charge >= 0.3 is 0 Å². The van der Waals surface area contributed by atoms with E-state index in [1.807, 2.05) is 13.8 Å². The number of sulfonamides is 1. The Morgan fingerprint density at radius 1 is 1.50 bits per heavy atom. The number of aromatic nitrogens is 1. The van der Waals surface area contributed by atoms with E-state index in [1.165, 1.54) is 22.6 Å². The minimum Gasteiger partial charge on any atom is -0.243 e. The molecular formula is C10H15ClN2O2S. The predicted octanol–water partition coefficient (Wildman–Crippen LogP) is 2.15. The maximum Gasteiger partial charge on any atom is 0.244 e. The van der Waals surface area contributed by atoms with Gasteiger partial charge in [-0.3, -0.25) is 0 Å². The van der Waals surface area contributed by atoms with Crippen molar-refractivity contribution in [1.29, 1.82) is 0 Å². The molecule has 1 aromatic heterocycles. The summed E-state index contributed by atoms with van der Waals surface area (Å²) >= 11 is 5.61. The Balaban J connectivity index is 3.07. The van der Waals surface area contributed by atoms with E-state index >= 15 is 0 Å². The first-order chi connectivity index (χ1) is 7.39. The first kappa shape index (κ1) is 13.4. The van der Waals surface area contributed by atoms with Gasteiger partial charge in [-0.05, 0) is 25.5 Å². The van der Waals surface area contributed by atoms with E-state index in [-0.39, 0.29) is 16.1 Å². The molecule has 90 valence electrons. The number of hydrogen-bond acceptors (Lipinski definition) is 3. The van der Waals surface area contributed by atoms with E-state index in [1.54, 1.807) is 7.05 Å². The molecule has 0 aromatic carbocycles. The lowest BCUT2D eigenvalue weighted by molar-refractivity contribution is 0.380. The van der Waals surface area contributed by atoms with Crippen LogP contribution in [-0.2, 0) is 10.0 Å². The van der Waals surface area contributed by atoms with Crippen molar-refractivity contribution >= 4 is 21.6 Å². The van der Waals surface area contributed by atoms with Crippen LogP contribution in [0.1, 0.15) is 20.3 Å². The number of pyridine rings is 1. The normalized spacial score (nSPS) is 14.1. The standard InChI is InChI=1S/C10H15ClN2O2S/c1-4-8(2)13(3)16(14,15)9-5-6-10(11)12-7-9/h5-8H,4H2,1-3H3. The average molecular weight is 263 g/mol. The summed E-state index contributed by atoms with van der Waals surface area (Å²) in [6.07, 6.45) is 2.04. The third-order valence-corrected chi connectivity index (χ3v) is 4.77. The van der Waals surface area contributed by atoms with Crippen molar-refractivity contribution in [3.05, 3.63) is 23.5 Å². The van der Waals surface area contributed by atoms with Gasteiger partial charge in [0.2, 0.25) is 10.0 Å². The maximum atomic E-state index is 12.1. The van der Waals surface area contributed by atoms with Crippen molar-refractivity contribution in [3.8, 4) is 0 Å². The highest BCUT2D eigenvalue weighted by atomic mass is 35.5. The molecule has 4 nitrogen and oxygen atoms in total. The first-order valence-electron chi connectivity index (χ1n) is 4.99. The lowest BCUT2D eigenvalue weighted by atomic mass is 10.3. The van der Waals surface area contributed by atoms with Crippen LogP contribution in [0.25, 0.3) is 0 Å². The minimum atomic E-state index is -3.45. The van der Waals surface area contributed by atoms with Crippen LogP contribution in [0.3, 0.4) is 0 Å². The van der Waals surface area contributed by atoms with Crippen LogP contribution in [0.15, 0.2) is 23.2 Å². The minimum absolute atomic E-state index is 0.0410. The number of rotatable bonds is 4. The summed E-state index contributed by atoms with van der Waals surface area (Å²) in [5, 5.41) is 0.283. The summed E-state index contributed by atoms with van der Waals surface area (Å²) in [6.45, 7) is 3.80. The van der Waals surface area contributed by atoms with Crippen molar-refractivity contribution in [3.63, 3.8) is 0 Å². The van der Waals surface area contributed by atoms with Gasteiger partial charge in [0.25, 0.3) is 0 Å². The van der Waals surface area contributed by atoms with Gasteiger partial charge in [0.15, 0.2) is 0 Å². The summed E-state index contributed by atoms with van der Waals surface area (Å²) in [4.78, 5) is 3.94. The zero-order valence-corrected chi connectivity index (χ0v) is 11.1. The molecule has 0 aliphatic carbocycles. The SMILES string of the molecule is CCC(C)N(C)S(=O)(=O)c1ccc(Cl)nc1. The molecule has 0 radical (unpaired) electrons. The number of hydrogen-bond donors (Lipinski definition) is 0. The van der Waals surface area contributed by atoms with Gasteiger partial charge in [0.1, 0.15) is 10.0 Å². The van der Waals surface area contributed by atoms with Crippen molar-refractivity contribution in [2.75, 3.05) is 7.05 Å². The molecule has 0 spiro atoms. The molecule has 1 aromatic rings. The Bertz CT molecular complexity index is 444. The summed E-state index contributed by atoms with van der Waals surface area (Å²) in [7, 11) is -1.89. The topological polar surface area (TPSA) is 50.3 Å². The smallest absolute Gasteiger partial charge is 0.243 e. The average Bonchev–Trinajstić information content (AvgIpc) is 2.27. The molecule has 0 bridgehead atoms. The Hall–Kier alpha value is -0.650. The van der Waals surface area contributed by atoms with Crippen LogP contribution in [0, 0.1) is 0 Å². The van der Waals surface area contributed by atoms with Crippen molar-refractivity contribution in [1.82, 2.24) is 9.29 Å². The molecule has 0 aliphatic heterocycles. The molecule has 1 heterocycles. The fourth-order valence-electron chi connectivity index (χ4n) is 1.18. The molecule has 0 N–H and O–H groups in total. The van der Waals surface area contributed by atoms with E-state index in [0.717, 1.165) is 6.42 Å². The van der Waals surface area contributed by atoms with Gasteiger partial charge in [-0.2, -0.15) is 4.31 Å². The monoisotopic (exact) mass is 262 g/mol. The van der Waals surface area contributed by atoms with Gasteiger partial charge in [-0.15, -0.1) is 0 Å². The summed E-state index contributed by atoms with van der Waals surface area (Å²) in [5.41, 5.74) is 0. The lowest BCUT2D eigenvalue weighted by Crippen LogP contribution is -2.34. The Morgan fingerprint density at radius 3 is 2.56 bits per heavy atom. The lowest BCUT2D eigenvalue weighted by Gasteiger charge is -2.22. The molecule has 1 rings (SSSR count). The van der Waals surface area contributed by atoms with Crippen LogP contribution in [0.4, 0.5) is 0 Å². The molecule has 0 aliphatic rings. The van der Waals surface area contributed by atoms with Crippen molar-refractivity contribution in [2.45, 2.75) is 31.2 Å². The number of halogens is 1. The van der Waals surface area contributed by atoms with Gasteiger partial charge in [0.05, 0.1) is 0 Å². The second-order valence-corrected chi connectivity index (χ2v) is 5.98. The molecule has 0 amide bonds. The van der Waals surface area contributed by atoms with Gasteiger partial charge in [-0.1, -0.05) is 18.5 Å². The van der Waals surface area contributed by atoms with Crippen LogP contribution in [0.2, 0.25) is 5.15 Å². The molecule has 0 fully saturated rings. The maximum absolute atomic E-state index is 12.1. The van der Waals surface area contributed by atoms with Crippen molar-refractivity contribution in [2.24, 2.45) is 0 Å². The zero-order valence-electron chi connectivity index (χ0n) is 9.51.